The van der Waals surface area contributed by atoms with Gasteiger partial charge in [-0.05, 0) is 44.4 Å². The summed E-state index contributed by atoms with van der Waals surface area (Å²) in [6, 6.07) is 0.816. The minimum atomic E-state index is -0.819. The maximum absolute atomic E-state index is 12.8. The van der Waals surface area contributed by atoms with Crippen molar-refractivity contribution < 1.29 is 14.7 Å². The molecule has 3 rings (SSSR count). The normalized spacial score (nSPS) is 29.1. The van der Waals surface area contributed by atoms with E-state index in [4.69, 9.17) is 5.11 Å². The zero-order chi connectivity index (χ0) is 14.1. The van der Waals surface area contributed by atoms with Gasteiger partial charge < -0.3 is 14.9 Å². The van der Waals surface area contributed by atoms with Crippen LogP contribution in [0, 0.1) is 5.92 Å². The first kappa shape index (κ1) is 13.7. The van der Waals surface area contributed by atoms with Crippen molar-refractivity contribution in [1.82, 2.24) is 9.80 Å². The van der Waals surface area contributed by atoms with Gasteiger partial charge in [0.05, 0.1) is 6.42 Å². The van der Waals surface area contributed by atoms with Crippen LogP contribution >= 0.6 is 0 Å². The van der Waals surface area contributed by atoms with Crippen LogP contribution in [0.25, 0.3) is 0 Å². The predicted molar refractivity (Wildman–Crippen MR) is 74.4 cm³/mol. The van der Waals surface area contributed by atoms with Crippen molar-refractivity contribution in [3.8, 4) is 0 Å². The highest BCUT2D eigenvalue weighted by Crippen LogP contribution is 2.38. The standard InChI is InChI=1S/C15H24N2O3/c18-14(19)8-10-16(12-6-7-12)15(20)17-9-2-4-11-3-1-5-13(11)17/h11-13H,1-10H2,(H,18,19). The lowest BCUT2D eigenvalue weighted by molar-refractivity contribution is -0.137. The van der Waals surface area contributed by atoms with Crippen molar-refractivity contribution in [3.05, 3.63) is 0 Å². The molecular weight excluding hydrogens is 256 g/mol. The first-order valence-corrected chi connectivity index (χ1v) is 7.96. The largest absolute Gasteiger partial charge is 0.481 e. The van der Waals surface area contributed by atoms with Crippen LogP contribution in [0.15, 0.2) is 0 Å². The van der Waals surface area contributed by atoms with E-state index in [-0.39, 0.29) is 12.5 Å². The molecular formula is C15H24N2O3. The van der Waals surface area contributed by atoms with Gasteiger partial charge in [0.15, 0.2) is 0 Å². The molecule has 2 saturated carbocycles. The predicted octanol–water partition coefficient (Wildman–Crippen LogP) is 2.31. The lowest BCUT2D eigenvalue weighted by Crippen LogP contribution is -2.52. The molecule has 0 spiro atoms. The molecule has 112 valence electrons. The number of hydrogen-bond donors (Lipinski definition) is 1. The Morgan fingerprint density at radius 2 is 1.85 bits per heavy atom. The van der Waals surface area contributed by atoms with Crippen LogP contribution < -0.4 is 0 Å². The van der Waals surface area contributed by atoms with E-state index in [1.807, 2.05) is 4.90 Å². The molecule has 1 N–H and O–H groups in total. The second-order valence-electron chi connectivity index (χ2n) is 6.44. The molecule has 1 heterocycles. The highest BCUT2D eigenvalue weighted by atomic mass is 16.4. The molecule has 0 aromatic heterocycles. The van der Waals surface area contributed by atoms with E-state index in [0.29, 0.717) is 24.5 Å². The third-order valence-electron chi connectivity index (χ3n) is 5.04. The van der Waals surface area contributed by atoms with E-state index >= 15 is 0 Å². The summed E-state index contributed by atoms with van der Waals surface area (Å²) in [5, 5.41) is 8.86. The van der Waals surface area contributed by atoms with Crippen molar-refractivity contribution in [2.24, 2.45) is 5.92 Å². The molecule has 20 heavy (non-hydrogen) atoms. The Kier molecular flexibility index (Phi) is 3.85. The fourth-order valence-electron chi connectivity index (χ4n) is 3.89. The summed E-state index contributed by atoms with van der Waals surface area (Å²) in [5.41, 5.74) is 0. The molecule has 1 saturated heterocycles. The van der Waals surface area contributed by atoms with Gasteiger partial charge in [-0.1, -0.05) is 6.42 Å². The number of carboxylic acids is 1. The number of likely N-dealkylation sites (tertiary alicyclic amines) is 1. The van der Waals surface area contributed by atoms with Crippen LogP contribution in [0.5, 0.6) is 0 Å². The van der Waals surface area contributed by atoms with Crippen LogP contribution in [-0.4, -0.2) is 52.1 Å². The summed E-state index contributed by atoms with van der Waals surface area (Å²) in [6.07, 6.45) is 8.11. The molecule has 2 aliphatic carbocycles. The number of rotatable bonds is 4. The Bertz CT molecular complexity index is 395. The first-order chi connectivity index (χ1) is 9.66. The van der Waals surface area contributed by atoms with Gasteiger partial charge in [0, 0.05) is 25.2 Å². The van der Waals surface area contributed by atoms with Crippen molar-refractivity contribution in [1.29, 1.82) is 0 Å². The number of carbonyl (C=O) groups is 2. The summed E-state index contributed by atoms with van der Waals surface area (Å²) >= 11 is 0. The first-order valence-electron chi connectivity index (χ1n) is 7.96. The molecule has 0 aromatic rings. The monoisotopic (exact) mass is 280 g/mol. The minimum Gasteiger partial charge on any atom is -0.481 e. The number of aliphatic carboxylic acids is 1. The van der Waals surface area contributed by atoms with Gasteiger partial charge in [-0.3, -0.25) is 4.79 Å². The second-order valence-corrected chi connectivity index (χ2v) is 6.44. The Hall–Kier alpha value is -1.26. The average molecular weight is 280 g/mol. The van der Waals surface area contributed by atoms with Gasteiger partial charge in [-0.2, -0.15) is 0 Å². The van der Waals surface area contributed by atoms with Gasteiger partial charge in [-0.15, -0.1) is 0 Å². The summed E-state index contributed by atoms with van der Waals surface area (Å²) in [4.78, 5) is 27.5. The Morgan fingerprint density at radius 1 is 1.10 bits per heavy atom. The van der Waals surface area contributed by atoms with Crippen molar-refractivity contribution >= 4 is 12.0 Å². The lowest BCUT2D eigenvalue weighted by atomic mass is 9.92. The Labute approximate surface area is 119 Å². The van der Waals surface area contributed by atoms with E-state index in [9.17, 15) is 9.59 Å². The number of carboxylic acid groups (broad SMARTS) is 1. The molecule has 1 aliphatic heterocycles. The van der Waals surface area contributed by atoms with Crippen LogP contribution in [-0.2, 0) is 4.79 Å². The molecule has 2 atom stereocenters. The zero-order valence-electron chi connectivity index (χ0n) is 12.0. The quantitative estimate of drug-likeness (QED) is 0.859. The SMILES string of the molecule is O=C(O)CCN(C(=O)N1CCCC2CCCC21)C1CC1. The fraction of sp³-hybridized carbons (Fsp3) is 0.867. The maximum Gasteiger partial charge on any atom is 0.320 e. The second kappa shape index (κ2) is 5.62. The van der Waals surface area contributed by atoms with E-state index in [2.05, 4.69) is 4.90 Å². The van der Waals surface area contributed by atoms with Gasteiger partial charge in [0.25, 0.3) is 0 Å². The summed E-state index contributed by atoms with van der Waals surface area (Å²) in [5.74, 6) is -0.130. The van der Waals surface area contributed by atoms with Crippen LogP contribution in [0.1, 0.15) is 51.4 Å². The van der Waals surface area contributed by atoms with Crippen molar-refractivity contribution in [3.63, 3.8) is 0 Å². The number of fused-ring (bicyclic) bond motifs is 1. The Morgan fingerprint density at radius 3 is 2.55 bits per heavy atom. The smallest absolute Gasteiger partial charge is 0.320 e. The summed E-state index contributed by atoms with van der Waals surface area (Å²) in [6.45, 7) is 1.23. The third kappa shape index (κ3) is 2.76. The minimum absolute atomic E-state index is 0.0597. The van der Waals surface area contributed by atoms with E-state index in [0.717, 1.165) is 32.2 Å². The number of piperidine rings is 1. The van der Waals surface area contributed by atoms with E-state index < -0.39 is 5.97 Å². The number of hydrogen-bond acceptors (Lipinski definition) is 2. The van der Waals surface area contributed by atoms with Gasteiger partial charge >= 0.3 is 12.0 Å². The molecule has 5 nitrogen and oxygen atoms in total. The number of amides is 2. The number of urea groups is 1. The molecule has 0 aromatic carbocycles. The third-order valence-corrected chi connectivity index (χ3v) is 5.04. The summed E-state index contributed by atoms with van der Waals surface area (Å²) < 4.78 is 0. The topological polar surface area (TPSA) is 60.9 Å². The fourth-order valence-corrected chi connectivity index (χ4v) is 3.89. The molecule has 3 fully saturated rings. The van der Waals surface area contributed by atoms with Crippen LogP contribution in [0.2, 0.25) is 0 Å². The van der Waals surface area contributed by atoms with Crippen LogP contribution in [0.3, 0.4) is 0 Å². The lowest BCUT2D eigenvalue weighted by Gasteiger charge is -2.40. The maximum atomic E-state index is 12.8. The number of carbonyl (C=O) groups excluding carboxylic acids is 1. The Balaban J connectivity index is 1.66. The van der Waals surface area contributed by atoms with Crippen molar-refractivity contribution in [2.45, 2.75) is 63.5 Å². The molecule has 2 amide bonds. The molecule has 2 unspecified atom stereocenters. The van der Waals surface area contributed by atoms with E-state index in [1.54, 1.807) is 0 Å². The summed E-state index contributed by atoms with van der Waals surface area (Å²) in [7, 11) is 0. The highest BCUT2D eigenvalue weighted by molar-refractivity contribution is 5.76. The molecule has 5 heteroatoms. The molecule has 3 aliphatic rings. The average Bonchev–Trinajstić information content (AvgIpc) is 3.14. The number of nitrogens with zero attached hydrogens (tertiary/aromatic N) is 2. The molecule has 0 radical (unpaired) electrons. The van der Waals surface area contributed by atoms with Crippen LogP contribution in [0.4, 0.5) is 4.79 Å². The van der Waals surface area contributed by atoms with E-state index in [1.165, 1.54) is 19.3 Å². The zero-order valence-corrected chi connectivity index (χ0v) is 12.0. The van der Waals surface area contributed by atoms with Gasteiger partial charge in [-0.25, -0.2) is 4.79 Å². The van der Waals surface area contributed by atoms with Gasteiger partial charge in [0.1, 0.15) is 0 Å². The van der Waals surface area contributed by atoms with Crippen molar-refractivity contribution in [2.75, 3.05) is 13.1 Å². The molecule has 0 bridgehead atoms. The van der Waals surface area contributed by atoms with Gasteiger partial charge in [0.2, 0.25) is 0 Å². The highest BCUT2D eigenvalue weighted by Gasteiger charge is 2.41.